The van der Waals surface area contributed by atoms with Crippen LogP contribution in [-0.4, -0.2) is 23.2 Å². The summed E-state index contributed by atoms with van der Waals surface area (Å²) in [5, 5.41) is 12.6. The van der Waals surface area contributed by atoms with E-state index in [-0.39, 0.29) is 18.1 Å². The predicted octanol–water partition coefficient (Wildman–Crippen LogP) is 1.21. The van der Waals surface area contributed by atoms with E-state index in [1.807, 2.05) is 0 Å². The lowest BCUT2D eigenvalue weighted by molar-refractivity contribution is -0.123. The molecule has 2 rings (SSSR count). The largest absolute Gasteiger partial charge is 0.391 e. The molecule has 3 heteroatoms. The van der Waals surface area contributed by atoms with Crippen LogP contribution in [0.3, 0.4) is 0 Å². The normalized spacial score (nSPS) is 32.6. The molecule has 80 valence electrons. The van der Waals surface area contributed by atoms with E-state index in [9.17, 15) is 9.90 Å². The van der Waals surface area contributed by atoms with Crippen LogP contribution in [0, 0.1) is 5.92 Å². The van der Waals surface area contributed by atoms with Crippen LogP contribution in [0.25, 0.3) is 0 Å². The minimum Gasteiger partial charge on any atom is -0.391 e. The van der Waals surface area contributed by atoms with Gasteiger partial charge in [-0.15, -0.1) is 0 Å². The van der Waals surface area contributed by atoms with E-state index in [0.29, 0.717) is 12.3 Å². The van der Waals surface area contributed by atoms with Crippen LogP contribution in [0.2, 0.25) is 0 Å². The van der Waals surface area contributed by atoms with Gasteiger partial charge >= 0.3 is 0 Å². The van der Waals surface area contributed by atoms with E-state index in [1.54, 1.807) is 0 Å². The molecular weight excluding hydrogens is 178 g/mol. The van der Waals surface area contributed by atoms with Crippen molar-refractivity contribution < 1.29 is 9.90 Å². The van der Waals surface area contributed by atoms with Gasteiger partial charge in [0.1, 0.15) is 0 Å². The molecule has 2 fully saturated rings. The van der Waals surface area contributed by atoms with Gasteiger partial charge < -0.3 is 10.4 Å². The molecule has 0 saturated heterocycles. The lowest BCUT2D eigenvalue weighted by Gasteiger charge is -2.28. The minimum absolute atomic E-state index is 0.0231. The SMILES string of the molecule is O=C(CC1CC1)NC1CCCCC1O. The molecule has 2 atom stereocenters. The molecule has 0 heterocycles. The van der Waals surface area contributed by atoms with Gasteiger partial charge in [-0.05, 0) is 31.6 Å². The van der Waals surface area contributed by atoms with E-state index in [1.165, 1.54) is 12.8 Å². The summed E-state index contributed by atoms with van der Waals surface area (Å²) in [4.78, 5) is 11.5. The van der Waals surface area contributed by atoms with Crippen molar-refractivity contribution in [2.24, 2.45) is 5.92 Å². The van der Waals surface area contributed by atoms with Gasteiger partial charge in [0.05, 0.1) is 12.1 Å². The predicted molar refractivity (Wildman–Crippen MR) is 53.7 cm³/mol. The van der Waals surface area contributed by atoms with Gasteiger partial charge in [0.2, 0.25) is 5.91 Å². The van der Waals surface area contributed by atoms with Crippen LogP contribution >= 0.6 is 0 Å². The summed E-state index contributed by atoms with van der Waals surface area (Å²) in [7, 11) is 0. The Morgan fingerprint density at radius 2 is 1.93 bits per heavy atom. The molecule has 0 aliphatic heterocycles. The van der Waals surface area contributed by atoms with Crippen LogP contribution < -0.4 is 5.32 Å². The van der Waals surface area contributed by atoms with Crippen molar-refractivity contribution in [2.75, 3.05) is 0 Å². The average Bonchev–Trinajstić information content (AvgIpc) is 2.93. The Kier molecular flexibility index (Phi) is 3.06. The first kappa shape index (κ1) is 9.97. The molecule has 14 heavy (non-hydrogen) atoms. The van der Waals surface area contributed by atoms with Crippen LogP contribution in [0.15, 0.2) is 0 Å². The van der Waals surface area contributed by atoms with E-state index >= 15 is 0 Å². The summed E-state index contributed by atoms with van der Waals surface area (Å²) in [5.74, 6) is 0.772. The van der Waals surface area contributed by atoms with Gasteiger partial charge in [0, 0.05) is 6.42 Å². The first-order valence-corrected chi connectivity index (χ1v) is 5.73. The molecule has 3 nitrogen and oxygen atoms in total. The highest BCUT2D eigenvalue weighted by atomic mass is 16.3. The zero-order valence-corrected chi connectivity index (χ0v) is 8.54. The van der Waals surface area contributed by atoms with Gasteiger partial charge in [-0.25, -0.2) is 0 Å². The van der Waals surface area contributed by atoms with Crippen LogP contribution in [0.4, 0.5) is 0 Å². The Morgan fingerprint density at radius 1 is 1.21 bits per heavy atom. The highest BCUT2D eigenvalue weighted by Crippen LogP contribution is 2.32. The second-order valence-electron chi connectivity index (χ2n) is 4.67. The summed E-state index contributed by atoms with van der Waals surface area (Å²) in [6.45, 7) is 0. The molecule has 0 aromatic heterocycles. The monoisotopic (exact) mass is 197 g/mol. The Hall–Kier alpha value is -0.570. The number of hydrogen-bond acceptors (Lipinski definition) is 2. The number of hydrogen-bond donors (Lipinski definition) is 2. The van der Waals surface area contributed by atoms with Crippen molar-refractivity contribution in [1.29, 1.82) is 0 Å². The standard InChI is InChI=1S/C11H19NO2/c13-10-4-2-1-3-9(10)12-11(14)7-8-5-6-8/h8-10,13H,1-7H2,(H,12,14). The number of amides is 1. The number of aliphatic hydroxyl groups is 1. The third-order valence-corrected chi connectivity index (χ3v) is 3.25. The molecule has 0 aromatic rings. The number of nitrogens with one attached hydrogen (secondary N) is 1. The molecule has 0 radical (unpaired) electrons. The van der Waals surface area contributed by atoms with E-state index in [4.69, 9.17) is 0 Å². The Bertz CT molecular complexity index is 213. The maximum atomic E-state index is 11.5. The zero-order chi connectivity index (χ0) is 9.97. The van der Waals surface area contributed by atoms with Crippen LogP contribution in [-0.2, 0) is 4.79 Å². The van der Waals surface area contributed by atoms with Gasteiger partial charge in [-0.3, -0.25) is 4.79 Å². The Labute approximate surface area is 84.9 Å². The minimum atomic E-state index is -0.313. The molecule has 2 aliphatic carbocycles. The van der Waals surface area contributed by atoms with Gasteiger partial charge in [-0.1, -0.05) is 12.8 Å². The lowest BCUT2D eigenvalue weighted by Crippen LogP contribution is -2.45. The number of carbonyl (C=O) groups is 1. The fourth-order valence-corrected chi connectivity index (χ4v) is 2.13. The van der Waals surface area contributed by atoms with Crippen molar-refractivity contribution in [3.8, 4) is 0 Å². The number of rotatable bonds is 3. The maximum absolute atomic E-state index is 11.5. The molecule has 2 saturated carbocycles. The van der Waals surface area contributed by atoms with Crippen molar-refractivity contribution in [1.82, 2.24) is 5.32 Å². The first-order chi connectivity index (χ1) is 6.75. The van der Waals surface area contributed by atoms with Crippen molar-refractivity contribution in [3.05, 3.63) is 0 Å². The summed E-state index contributed by atoms with van der Waals surface area (Å²) in [6, 6.07) is 0.0231. The third-order valence-electron chi connectivity index (χ3n) is 3.25. The highest BCUT2D eigenvalue weighted by Gasteiger charge is 2.28. The molecular formula is C11H19NO2. The summed E-state index contributed by atoms with van der Waals surface area (Å²) >= 11 is 0. The van der Waals surface area contributed by atoms with E-state index in [2.05, 4.69) is 5.32 Å². The number of aliphatic hydroxyl groups excluding tert-OH is 1. The van der Waals surface area contributed by atoms with Crippen LogP contribution in [0.5, 0.6) is 0 Å². The van der Waals surface area contributed by atoms with Crippen LogP contribution in [0.1, 0.15) is 44.9 Å². The highest BCUT2D eigenvalue weighted by molar-refractivity contribution is 5.76. The molecule has 1 amide bonds. The van der Waals surface area contributed by atoms with Gasteiger partial charge in [-0.2, -0.15) is 0 Å². The Morgan fingerprint density at radius 3 is 2.57 bits per heavy atom. The second kappa shape index (κ2) is 4.30. The van der Waals surface area contributed by atoms with Gasteiger partial charge in [0.25, 0.3) is 0 Å². The second-order valence-corrected chi connectivity index (χ2v) is 4.67. The molecule has 2 aliphatic rings. The fourth-order valence-electron chi connectivity index (χ4n) is 2.13. The maximum Gasteiger partial charge on any atom is 0.220 e. The van der Waals surface area contributed by atoms with Crippen molar-refractivity contribution in [2.45, 2.75) is 57.1 Å². The molecule has 2 N–H and O–H groups in total. The van der Waals surface area contributed by atoms with E-state index in [0.717, 1.165) is 25.7 Å². The summed E-state index contributed by atoms with van der Waals surface area (Å²) in [6.07, 6.45) is 6.78. The summed E-state index contributed by atoms with van der Waals surface area (Å²) in [5.41, 5.74) is 0. The zero-order valence-electron chi connectivity index (χ0n) is 8.54. The fraction of sp³-hybridized carbons (Fsp3) is 0.909. The smallest absolute Gasteiger partial charge is 0.220 e. The molecule has 0 spiro atoms. The molecule has 0 bridgehead atoms. The third kappa shape index (κ3) is 2.71. The summed E-state index contributed by atoms with van der Waals surface area (Å²) < 4.78 is 0. The average molecular weight is 197 g/mol. The topological polar surface area (TPSA) is 49.3 Å². The quantitative estimate of drug-likeness (QED) is 0.714. The number of carbonyl (C=O) groups excluding carboxylic acids is 1. The molecule has 2 unspecified atom stereocenters. The van der Waals surface area contributed by atoms with Gasteiger partial charge in [0.15, 0.2) is 0 Å². The lowest BCUT2D eigenvalue weighted by atomic mass is 9.92. The first-order valence-electron chi connectivity index (χ1n) is 5.73. The van der Waals surface area contributed by atoms with Crippen molar-refractivity contribution in [3.63, 3.8) is 0 Å². The van der Waals surface area contributed by atoms with Crippen molar-refractivity contribution >= 4 is 5.91 Å². The van der Waals surface area contributed by atoms with E-state index < -0.39 is 0 Å². The molecule has 0 aromatic carbocycles. The Balaban J connectivity index is 1.73.